The minimum Gasteiger partial charge on any atom is -0.381 e. The summed E-state index contributed by atoms with van der Waals surface area (Å²) in [4.78, 5) is 14.1. The molecule has 0 spiro atoms. The lowest BCUT2D eigenvalue weighted by molar-refractivity contribution is -0.134. The number of benzene rings is 1. The van der Waals surface area contributed by atoms with Gasteiger partial charge in [-0.1, -0.05) is 30.3 Å². The molecule has 1 aromatic carbocycles. The molecule has 0 unspecified atom stereocenters. The molecule has 1 aliphatic heterocycles. The first-order valence-electron chi connectivity index (χ1n) is 6.82. The average Bonchev–Trinajstić information content (AvgIpc) is 2.47. The Labute approximate surface area is 114 Å². The number of nitrogens with zero attached hydrogens (tertiary/aromatic N) is 1. The van der Waals surface area contributed by atoms with Crippen LogP contribution >= 0.6 is 0 Å². The Bertz CT molecular complexity index is 400. The van der Waals surface area contributed by atoms with E-state index in [-0.39, 0.29) is 12.0 Å². The molecule has 1 heterocycles. The van der Waals surface area contributed by atoms with Crippen LogP contribution in [-0.4, -0.2) is 43.2 Å². The van der Waals surface area contributed by atoms with Crippen molar-refractivity contribution in [3.05, 3.63) is 35.9 Å². The summed E-state index contributed by atoms with van der Waals surface area (Å²) >= 11 is 0. The highest BCUT2D eigenvalue weighted by atomic mass is 16.5. The molecule has 4 heteroatoms. The third kappa shape index (κ3) is 3.78. The van der Waals surface area contributed by atoms with Crippen LogP contribution in [0.1, 0.15) is 18.4 Å². The van der Waals surface area contributed by atoms with Crippen LogP contribution in [0.5, 0.6) is 0 Å². The number of likely N-dealkylation sites (tertiary alicyclic amines) is 1. The Morgan fingerprint density at radius 3 is 2.58 bits per heavy atom. The molecule has 1 fully saturated rings. The molecular weight excluding hydrogens is 240 g/mol. The number of hydrogen-bond donors (Lipinski definition) is 1. The smallest absolute Gasteiger partial charge is 0.239 e. The maximum atomic E-state index is 12.3. The van der Waals surface area contributed by atoms with Crippen molar-refractivity contribution < 1.29 is 9.53 Å². The van der Waals surface area contributed by atoms with Gasteiger partial charge >= 0.3 is 0 Å². The van der Waals surface area contributed by atoms with Gasteiger partial charge < -0.3 is 15.4 Å². The highest BCUT2D eigenvalue weighted by Gasteiger charge is 2.26. The summed E-state index contributed by atoms with van der Waals surface area (Å²) in [6.45, 7) is 1.50. The largest absolute Gasteiger partial charge is 0.381 e. The van der Waals surface area contributed by atoms with Crippen LogP contribution in [0.15, 0.2) is 30.3 Å². The first-order valence-corrected chi connectivity index (χ1v) is 6.82. The van der Waals surface area contributed by atoms with E-state index in [0.717, 1.165) is 31.5 Å². The highest BCUT2D eigenvalue weighted by Crippen LogP contribution is 2.14. The summed E-state index contributed by atoms with van der Waals surface area (Å²) in [6, 6.07) is 9.47. The summed E-state index contributed by atoms with van der Waals surface area (Å²) < 4.78 is 5.31. The van der Waals surface area contributed by atoms with Crippen molar-refractivity contribution in [2.75, 3.05) is 20.2 Å². The predicted molar refractivity (Wildman–Crippen MR) is 74.7 cm³/mol. The van der Waals surface area contributed by atoms with E-state index in [1.807, 2.05) is 35.2 Å². The van der Waals surface area contributed by atoms with Gasteiger partial charge in [0.25, 0.3) is 0 Å². The molecular formula is C15H22N2O2. The highest BCUT2D eigenvalue weighted by molar-refractivity contribution is 5.82. The molecule has 1 aliphatic rings. The van der Waals surface area contributed by atoms with Crippen molar-refractivity contribution in [2.45, 2.75) is 31.4 Å². The van der Waals surface area contributed by atoms with Crippen molar-refractivity contribution in [1.29, 1.82) is 0 Å². The van der Waals surface area contributed by atoms with Gasteiger partial charge in [0.1, 0.15) is 0 Å². The van der Waals surface area contributed by atoms with Crippen molar-refractivity contribution in [1.82, 2.24) is 4.90 Å². The van der Waals surface area contributed by atoms with Crippen LogP contribution < -0.4 is 5.73 Å². The maximum absolute atomic E-state index is 12.3. The van der Waals surface area contributed by atoms with E-state index < -0.39 is 6.04 Å². The lowest BCUT2D eigenvalue weighted by Gasteiger charge is -2.32. The molecule has 0 aliphatic carbocycles. The van der Waals surface area contributed by atoms with Crippen LogP contribution in [0.2, 0.25) is 0 Å². The van der Waals surface area contributed by atoms with Gasteiger partial charge in [0.15, 0.2) is 0 Å². The Morgan fingerprint density at radius 1 is 1.37 bits per heavy atom. The van der Waals surface area contributed by atoms with E-state index >= 15 is 0 Å². The van der Waals surface area contributed by atoms with E-state index in [1.54, 1.807) is 7.11 Å². The standard InChI is InChI=1S/C15H22N2O2/c1-19-13-7-9-17(10-8-13)15(18)14(16)11-12-5-3-2-4-6-12/h2-6,13-14H,7-11,16H2,1H3/t14-/m0/s1. The number of rotatable bonds is 4. The minimum atomic E-state index is -0.443. The Morgan fingerprint density at radius 2 is 2.00 bits per heavy atom. The van der Waals surface area contributed by atoms with Crippen molar-refractivity contribution in [2.24, 2.45) is 5.73 Å². The monoisotopic (exact) mass is 262 g/mol. The number of nitrogens with two attached hydrogens (primary N) is 1. The van der Waals surface area contributed by atoms with E-state index in [1.165, 1.54) is 0 Å². The van der Waals surface area contributed by atoms with E-state index in [4.69, 9.17) is 10.5 Å². The molecule has 104 valence electrons. The fraction of sp³-hybridized carbons (Fsp3) is 0.533. The van der Waals surface area contributed by atoms with Gasteiger partial charge in [-0.2, -0.15) is 0 Å². The third-order valence-electron chi connectivity index (χ3n) is 3.70. The van der Waals surface area contributed by atoms with Crippen molar-refractivity contribution in [3.63, 3.8) is 0 Å². The second-order valence-corrected chi connectivity index (χ2v) is 5.06. The normalized spacial score (nSPS) is 18.3. The Balaban J connectivity index is 1.86. The van der Waals surface area contributed by atoms with Gasteiger partial charge in [0, 0.05) is 20.2 Å². The molecule has 1 aromatic rings. The average molecular weight is 262 g/mol. The molecule has 1 atom stereocenters. The Kier molecular flexibility index (Phi) is 4.93. The lowest BCUT2D eigenvalue weighted by atomic mass is 10.0. The summed E-state index contributed by atoms with van der Waals surface area (Å²) in [5, 5.41) is 0. The van der Waals surface area contributed by atoms with Crippen LogP contribution in [0, 0.1) is 0 Å². The first kappa shape index (κ1) is 14.0. The van der Waals surface area contributed by atoms with E-state index in [2.05, 4.69) is 0 Å². The molecule has 19 heavy (non-hydrogen) atoms. The molecule has 1 saturated heterocycles. The zero-order valence-corrected chi connectivity index (χ0v) is 11.4. The topological polar surface area (TPSA) is 55.6 Å². The quantitative estimate of drug-likeness (QED) is 0.887. The second-order valence-electron chi connectivity index (χ2n) is 5.06. The number of amides is 1. The van der Waals surface area contributed by atoms with Gasteiger partial charge in [-0.3, -0.25) is 4.79 Å². The van der Waals surface area contributed by atoms with E-state index in [0.29, 0.717) is 6.42 Å². The lowest BCUT2D eigenvalue weighted by Crippen LogP contribution is -2.49. The zero-order chi connectivity index (χ0) is 13.7. The number of carbonyl (C=O) groups is 1. The van der Waals surface area contributed by atoms with Crippen LogP contribution in [-0.2, 0) is 16.0 Å². The molecule has 2 N–H and O–H groups in total. The number of ether oxygens (including phenoxy) is 1. The van der Waals surface area contributed by atoms with Gasteiger partial charge in [-0.15, -0.1) is 0 Å². The molecule has 1 amide bonds. The van der Waals surface area contributed by atoms with Gasteiger partial charge in [-0.05, 0) is 24.8 Å². The summed E-state index contributed by atoms with van der Waals surface area (Å²) in [6.07, 6.45) is 2.69. The number of hydrogen-bond acceptors (Lipinski definition) is 3. The number of methoxy groups -OCH3 is 1. The second kappa shape index (κ2) is 6.68. The van der Waals surface area contributed by atoms with Crippen molar-refractivity contribution >= 4 is 5.91 Å². The van der Waals surface area contributed by atoms with Gasteiger partial charge in [0.2, 0.25) is 5.91 Å². The number of piperidine rings is 1. The number of carbonyl (C=O) groups excluding carboxylic acids is 1. The summed E-state index contributed by atoms with van der Waals surface area (Å²) in [7, 11) is 1.73. The molecule has 2 rings (SSSR count). The summed E-state index contributed by atoms with van der Waals surface area (Å²) in [5.74, 6) is 0.0541. The molecule has 0 bridgehead atoms. The molecule has 0 aromatic heterocycles. The molecule has 0 saturated carbocycles. The fourth-order valence-electron chi connectivity index (χ4n) is 2.50. The van der Waals surface area contributed by atoms with Gasteiger partial charge in [-0.25, -0.2) is 0 Å². The third-order valence-corrected chi connectivity index (χ3v) is 3.70. The Hall–Kier alpha value is -1.39. The SMILES string of the molecule is COC1CCN(C(=O)[C@@H](N)Cc2ccccc2)CC1. The molecule has 4 nitrogen and oxygen atoms in total. The van der Waals surface area contributed by atoms with Crippen LogP contribution in [0.4, 0.5) is 0 Å². The van der Waals surface area contributed by atoms with Crippen molar-refractivity contribution in [3.8, 4) is 0 Å². The van der Waals surface area contributed by atoms with Crippen LogP contribution in [0.3, 0.4) is 0 Å². The van der Waals surface area contributed by atoms with Gasteiger partial charge in [0.05, 0.1) is 12.1 Å². The zero-order valence-electron chi connectivity index (χ0n) is 11.4. The minimum absolute atomic E-state index is 0.0541. The first-order chi connectivity index (χ1) is 9.20. The maximum Gasteiger partial charge on any atom is 0.239 e. The van der Waals surface area contributed by atoms with E-state index in [9.17, 15) is 4.79 Å². The fourth-order valence-corrected chi connectivity index (χ4v) is 2.50. The summed E-state index contributed by atoms with van der Waals surface area (Å²) in [5.41, 5.74) is 7.13. The molecule has 0 radical (unpaired) electrons. The van der Waals surface area contributed by atoms with Crippen LogP contribution in [0.25, 0.3) is 0 Å². The predicted octanol–water partition coefficient (Wildman–Crippen LogP) is 1.19.